The maximum atomic E-state index is 12.4. The molecule has 1 aromatic rings. The topological polar surface area (TPSA) is 55.8 Å². The summed E-state index contributed by atoms with van der Waals surface area (Å²) in [6.07, 6.45) is 0.00194. The van der Waals surface area contributed by atoms with Gasteiger partial charge >= 0.3 is 12.1 Å². The van der Waals surface area contributed by atoms with Crippen LogP contribution in [0.15, 0.2) is 29.2 Å². The van der Waals surface area contributed by atoms with Gasteiger partial charge in [-0.2, -0.15) is 0 Å². The quantitative estimate of drug-likeness (QED) is 0.752. The van der Waals surface area contributed by atoms with Crippen molar-refractivity contribution < 1.29 is 19.1 Å². The Labute approximate surface area is 151 Å². The molecule has 1 aliphatic heterocycles. The van der Waals surface area contributed by atoms with Gasteiger partial charge in [0.15, 0.2) is 0 Å². The van der Waals surface area contributed by atoms with Gasteiger partial charge in [-0.05, 0) is 39.3 Å². The number of esters is 1. The number of methoxy groups -OCH3 is 1. The molecule has 2 atom stereocenters. The zero-order valence-electron chi connectivity index (χ0n) is 14.2. The molecule has 1 aromatic carbocycles. The van der Waals surface area contributed by atoms with Crippen LogP contribution in [0.2, 0.25) is 5.02 Å². The van der Waals surface area contributed by atoms with Crippen molar-refractivity contribution in [1.29, 1.82) is 0 Å². The van der Waals surface area contributed by atoms with E-state index in [1.165, 1.54) is 12.0 Å². The Balaban J connectivity index is 2.13. The van der Waals surface area contributed by atoms with E-state index < -0.39 is 23.7 Å². The molecule has 0 saturated carbocycles. The van der Waals surface area contributed by atoms with Gasteiger partial charge in [0, 0.05) is 16.7 Å². The molecule has 1 aliphatic rings. The number of halogens is 1. The molecule has 1 unspecified atom stereocenters. The summed E-state index contributed by atoms with van der Waals surface area (Å²) in [7, 11) is 1.32. The molecular formula is C17H22ClNO4S. The first kappa shape index (κ1) is 18.9. The van der Waals surface area contributed by atoms with E-state index in [0.29, 0.717) is 18.0 Å². The Morgan fingerprint density at radius 1 is 1.29 bits per heavy atom. The van der Waals surface area contributed by atoms with Crippen LogP contribution in [-0.4, -0.2) is 47.5 Å². The summed E-state index contributed by atoms with van der Waals surface area (Å²) in [4.78, 5) is 26.8. The average Bonchev–Trinajstić information content (AvgIpc) is 2.91. The van der Waals surface area contributed by atoms with Gasteiger partial charge < -0.3 is 9.47 Å². The highest BCUT2D eigenvalue weighted by atomic mass is 35.5. The number of carbonyl (C=O) groups excluding carboxylic acids is 2. The number of thioether (sulfide) groups is 1. The fourth-order valence-corrected chi connectivity index (χ4v) is 3.96. The number of nitrogens with zero attached hydrogens (tertiary/aromatic N) is 1. The molecule has 24 heavy (non-hydrogen) atoms. The third-order valence-corrected chi connectivity index (χ3v) is 5.22. The molecule has 2 rings (SSSR count). The Morgan fingerprint density at radius 2 is 1.96 bits per heavy atom. The van der Waals surface area contributed by atoms with E-state index in [9.17, 15) is 9.59 Å². The number of hydrogen-bond donors (Lipinski definition) is 0. The summed E-state index contributed by atoms with van der Waals surface area (Å²) in [5.74, 6) is -0.428. The van der Waals surface area contributed by atoms with Crippen molar-refractivity contribution in [3.05, 3.63) is 29.3 Å². The smallest absolute Gasteiger partial charge is 0.411 e. The van der Waals surface area contributed by atoms with Gasteiger partial charge in [-0.1, -0.05) is 23.7 Å². The maximum Gasteiger partial charge on any atom is 0.411 e. The monoisotopic (exact) mass is 371 g/mol. The van der Waals surface area contributed by atoms with E-state index in [1.807, 2.05) is 24.3 Å². The molecule has 1 saturated heterocycles. The van der Waals surface area contributed by atoms with Gasteiger partial charge in [0.25, 0.3) is 0 Å². The zero-order valence-corrected chi connectivity index (χ0v) is 15.8. The molecule has 1 fully saturated rings. The van der Waals surface area contributed by atoms with Crippen molar-refractivity contribution in [3.63, 3.8) is 0 Å². The summed E-state index contributed by atoms with van der Waals surface area (Å²) < 4.78 is 10.3. The lowest BCUT2D eigenvalue weighted by Crippen LogP contribution is -2.43. The summed E-state index contributed by atoms with van der Waals surface area (Å²) in [6.45, 7) is 5.79. The van der Waals surface area contributed by atoms with Crippen LogP contribution in [-0.2, 0) is 14.3 Å². The van der Waals surface area contributed by atoms with Crippen molar-refractivity contribution >= 4 is 35.4 Å². The van der Waals surface area contributed by atoms with E-state index >= 15 is 0 Å². The standard InChI is InChI=1S/C17H22ClNO4S/c1-17(2,3)23-16(21)19-10-11(9-13(19)15(20)22-4)24-14-8-6-5-7-12(14)18/h5-8,11,13H,9-10H2,1-4H3/t11?,13-/m0/s1. The molecule has 1 heterocycles. The fraction of sp³-hybridized carbons (Fsp3) is 0.529. The molecule has 0 aromatic heterocycles. The van der Waals surface area contributed by atoms with Gasteiger partial charge in [0.1, 0.15) is 11.6 Å². The largest absolute Gasteiger partial charge is 0.467 e. The molecule has 5 nitrogen and oxygen atoms in total. The van der Waals surface area contributed by atoms with Gasteiger partial charge in [0.05, 0.1) is 12.1 Å². The molecule has 0 radical (unpaired) electrons. The normalized spacial score (nSPS) is 20.8. The van der Waals surface area contributed by atoms with Crippen LogP contribution in [0.5, 0.6) is 0 Å². The van der Waals surface area contributed by atoms with Crippen LogP contribution < -0.4 is 0 Å². The number of rotatable bonds is 3. The molecule has 0 bridgehead atoms. The summed E-state index contributed by atoms with van der Waals surface area (Å²) in [5.41, 5.74) is -0.619. The Kier molecular flexibility index (Phi) is 6.04. The second kappa shape index (κ2) is 7.66. The number of amides is 1. The van der Waals surface area contributed by atoms with E-state index in [1.54, 1.807) is 32.5 Å². The van der Waals surface area contributed by atoms with Crippen LogP contribution in [0, 0.1) is 0 Å². The Bertz CT molecular complexity index is 617. The second-order valence-corrected chi connectivity index (χ2v) is 8.33. The fourth-order valence-electron chi connectivity index (χ4n) is 2.48. The van der Waals surface area contributed by atoms with Crippen molar-refractivity contribution in [2.45, 2.75) is 49.0 Å². The highest BCUT2D eigenvalue weighted by molar-refractivity contribution is 8.00. The molecule has 1 amide bonds. The van der Waals surface area contributed by atoms with Crippen LogP contribution in [0.3, 0.4) is 0 Å². The Hall–Kier alpha value is -1.40. The SMILES string of the molecule is COC(=O)[C@@H]1CC(Sc2ccccc2Cl)CN1C(=O)OC(C)(C)C. The third kappa shape index (κ3) is 4.80. The van der Waals surface area contributed by atoms with Gasteiger partial charge in [-0.3, -0.25) is 4.90 Å². The highest BCUT2D eigenvalue weighted by Gasteiger charge is 2.42. The predicted molar refractivity (Wildman–Crippen MR) is 94.5 cm³/mol. The lowest BCUT2D eigenvalue weighted by atomic mass is 10.2. The van der Waals surface area contributed by atoms with Crippen molar-refractivity contribution in [3.8, 4) is 0 Å². The van der Waals surface area contributed by atoms with E-state index in [-0.39, 0.29) is 5.25 Å². The van der Waals surface area contributed by atoms with Gasteiger partial charge in [0.2, 0.25) is 0 Å². The molecular weight excluding hydrogens is 350 g/mol. The van der Waals surface area contributed by atoms with E-state index in [0.717, 1.165) is 4.90 Å². The summed E-state index contributed by atoms with van der Waals surface area (Å²) in [5, 5.41) is 0.703. The first-order valence-corrected chi connectivity index (χ1v) is 8.95. The average molecular weight is 372 g/mol. The van der Waals surface area contributed by atoms with Crippen molar-refractivity contribution in [2.75, 3.05) is 13.7 Å². The minimum Gasteiger partial charge on any atom is -0.467 e. The minimum atomic E-state index is -0.634. The number of likely N-dealkylation sites (tertiary alicyclic amines) is 1. The van der Waals surface area contributed by atoms with Crippen molar-refractivity contribution in [2.24, 2.45) is 0 Å². The number of carbonyl (C=O) groups is 2. The lowest BCUT2D eigenvalue weighted by Gasteiger charge is -2.27. The highest BCUT2D eigenvalue weighted by Crippen LogP contribution is 2.37. The van der Waals surface area contributed by atoms with Gasteiger partial charge in [-0.15, -0.1) is 11.8 Å². The van der Waals surface area contributed by atoms with Gasteiger partial charge in [-0.25, -0.2) is 9.59 Å². The van der Waals surface area contributed by atoms with E-state index in [4.69, 9.17) is 21.1 Å². The first-order chi connectivity index (χ1) is 11.2. The zero-order chi connectivity index (χ0) is 17.9. The molecule has 0 aliphatic carbocycles. The minimum absolute atomic E-state index is 0.0431. The molecule has 7 heteroatoms. The predicted octanol–water partition coefficient (Wildman–Crippen LogP) is 3.98. The number of hydrogen-bond acceptors (Lipinski definition) is 5. The first-order valence-electron chi connectivity index (χ1n) is 7.70. The second-order valence-electron chi connectivity index (χ2n) is 6.58. The molecule has 0 N–H and O–H groups in total. The van der Waals surface area contributed by atoms with Crippen LogP contribution in [0.1, 0.15) is 27.2 Å². The molecule has 0 spiro atoms. The Morgan fingerprint density at radius 3 is 2.54 bits per heavy atom. The number of ether oxygens (including phenoxy) is 2. The lowest BCUT2D eigenvalue weighted by molar-refractivity contribution is -0.145. The summed E-state index contributed by atoms with van der Waals surface area (Å²) >= 11 is 7.76. The van der Waals surface area contributed by atoms with E-state index in [2.05, 4.69) is 0 Å². The number of benzene rings is 1. The maximum absolute atomic E-state index is 12.4. The molecule has 132 valence electrons. The third-order valence-electron chi connectivity index (χ3n) is 3.49. The summed E-state index contributed by atoms with van der Waals surface area (Å²) in [6, 6.07) is 6.89. The van der Waals surface area contributed by atoms with Crippen LogP contribution in [0.4, 0.5) is 4.79 Å². The van der Waals surface area contributed by atoms with Crippen molar-refractivity contribution in [1.82, 2.24) is 4.90 Å². The van der Waals surface area contributed by atoms with Crippen LogP contribution in [0.25, 0.3) is 0 Å². The van der Waals surface area contributed by atoms with Crippen LogP contribution >= 0.6 is 23.4 Å².